The van der Waals surface area contributed by atoms with Crippen LogP contribution in [0.3, 0.4) is 0 Å². The summed E-state index contributed by atoms with van der Waals surface area (Å²) in [6.45, 7) is 5.50. The monoisotopic (exact) mass is 374 g/mol. The van der Waals surface area contributed by atoms with E-state index in [1.54, 1.807) is 27.8 Å². The van der Waals surface area contributed by atoms with Crippen LogP contribution >= 0.6 is 0 Å². The van der Waals surface area contributed by atoms with E-state index in [0.717, 1.165) is 0 Å². The number of likely N-dealkylation sites (N-methyl/N-ethyl adjacent to an activating group) is 1. The molecule has 0 aliphatic carbocycles. The first-order valence-corrected chi connectivity index (χ1v) is 9.14. The van der Waals surface area contributed by atoms with Gasteiger partial charge in [-0.2, -0.15) is 0 Å². The molecular weight excluding hydrogens is 348 g/mol. The summed E-state index contributed by atoms with van der Waals surface area (Å²) in [6.07, 6.45) is -0.516. The molecule has 1 N–H and O–H groups in total. The highest BCUT2D eigenvalue weighted by Crippen LogP contribution is 2.29. The van der Waals surface area contributed by atoms with Crippen LogP contribution in [0.2, 0.25) is 0 Å². The smallest absolute Gasteiger partial charge is 0.410 e. The average Bonchev–Trinajstić information content (AvgIpc) is 2.52. The fourth-order valence-corrected chi connectivity index (χ4v) is 2.88. The Morgan fingerprint density at radius 2 is 1.76 bits per heavy atom. The summed E-state index contributed by atoms with van der Waals surface area (Å²) >= 11 is 0. The third-order valence-electron chi connectivity index (χ3n) is 3.11. The van der Waals surface area contributed by atoms with E-state index in [1.807, 2.05) is 0 Å². The molecule has 9 heteroatoms. The normalized spacial score (nSPS) is 11.8. The number of ether oxygens (including phenoxy) is 3. The highest BCUT2D eigenvalue weighted by Gasteiger charge is 2.21. The van der Waals surface area contributed by atoms with Crippen LogP contribution in [0.5, 0.6) is 11.5 Å². The molecule has 1 amide bonds. The van der Waals surface area contributed by atoms with Gasteiger partial charge in [0.25, 0.3) is 0 Å². The lowest BCUT2D eigenvalue weighted by molar-refractivity contribution is 0.0302. The van der Waals surface area contributed by atoms with Crippen molar-refractivity contribution in [3.63, 3.8) is 0 Å². The Labute approximate surface area is 149 Å². The molecule has 0 atom stereocenters. The number of amides is 1. The van der Waals surface area contributed by atoms with E-state index in [0.29, 0.717) is 11.5 Å². The maximum absolute atomic E-state index is 12.3. The van der Waals surface area contributed by atoms with Crippen LogP contribution < -0.4 is 14.2 Å². The van der Waals surface area contributed by atoms with Gasteiger partial charge < -0.3 is 19.1 Å². The zero-order valence-electron chi connectivity index (χ0n) is 15.5. The summed E-state index contributed by atoms with van der Waals surface area (Å²) in [6, 6.07) is 4.31. The lowest BCUT2D eigenvalue weighted by atomic mass is 10.2. The van der Waals surface area contributed by atoms with Gasteiger partial charge in [0.2, 0.25) is 10.0 Å². The van der Waals surface area contributed by atoms with E-state index in [4.69, 9.17) is 14.2 Å². The number of nitrogens with zero attached hydrogens (tertiary/aromatic N) is 1. The number of hydrogen-bond acceptors (Lipinski definition) is 6. The molecule has 0 saturated carbocycles. The number of sulfonamides is 1. The van der Waals surface area contributed by atoms with Gasteiger partial charge in [-0.1, -0.05) is 0 Å². The van der Waals surface area contributed by atoms with Gasteiger partial charge in [-0.25, -0.2) is 17.9 Å². The number of benzene rings is 1. The Morgan fingerprint density at radius 1 is 1.16 bits per heavy atom. The quantitative estimate of drug-likeness (QED) is 0.783. The highest BCUT2D eigenvalue weighted by atomic mass is 32.2. The predicted octanol–water partition coefficient (Wildman–Crippen LogP) is 1.85. The highest BCUT2D eigenvalue weighted by molar-refractivity contribution is 7.89. The van der Waals surface area contributed by atoms with Gasteiger partial charge in [0.15, 0.2) is 11.5 Å². The van der Waals surface area contributed by atoms with Gasteiger partial charge in [-0.15, -0.1) is 0 Å². The summed E-state index contributed by atoms with van der Waals surface area (Å²) in [4.78, 5) is 13.2. The molecule has 0 unspecified atom stereocenters. The molecule has 0 radical (unpaired) electrons. The minimum Gasteiger partial charge on any atom is -0.493 e. The number of methoxy groups -OCH3 is 2. The van der Waals surface area contributed by atoms with Crippen molar-refractivity contribution in [2.75, 3.05) is 34.4 Å². The Balaban J connectivity index is 2.69. The number of rotatable bonds is 7. The van der Waals surface area contributed by atoms with Gasteiger partial charge in [-0.05, 0) is 32.9 Å². The number of nitrogens with one attached hydrogen (secondary N) is 1. The van der Waals surface area contributed by atoms with E-state index in [9.17, 15) is 13.2 Å². The lowest BCUT2D eigenvalue weighted by Gasteiger charge is -2.24. The molecule has 1 rings (SSSR count). The largest absolute Gasteiger partial charge is 0.493 e. The van der Waals surface area contributed by atoms with Crippen molar-refractivity contribution >= 4 is 16.1 Å². The maximum Gasteiger partial charge on any atom is 0.410 e. The van der Waals surface area contributed by atoms with Crippen LogP contribution in [0.4, 0.5) is 4.79 Å². The van der Waals surface area contributed by atoms with E-state index in [2.05, 4.69) is 4.72 Å². The van der Waals surface area contributed by atoms with E-state index in [-0.39, 0.29) is 18.0 Å². The molecule has 0 heterocycles. The molecule has 1 aromatic rings. The van der Waals surface area contributed by atoms with Crippen molar-refractivity contribution in [2.24, 2.45) is 0 Å². The summed E-state index contributed by atoms with van der Waals surface area (Å²) in [7, 11) is 0.699. The van der Waals surface area contributed by atoms with Crippen molar-refractivity contribution in [3.8, 4) is 11.5 Å². The SMILES string of the molecule is COc1ccc(S(=O)(=O)NCCN(C)C(=O)OC(C)(C)C)cc1OC. The van der Waals surface area contributed by atoms with E-state index >= 15 is 0 Å². The summed E-state index contributed by atoms with van der Waals surface area (Å²) in [5.74, 6) is 0.752. The molecule has 0 spiro atoms. The van der Waals surface area contributed by atoms with Gasteiger partial charge in [0.1, 0.15) is 5.60 Å². The summed E-state index contributed by atoms with van der Waals surface area (Å²) in [5.41, 5.74) is -0.607. The van der Waals surface area contributed by atoms with Crippen molar-refractivity contribution < 1.29 is 27.4 Å². The molecule has 0 bridgehead atoms. The third-order valence-corrected chi connectivity index (χ3v) is 4.57. The molecule has 0 aromatic heterocycles. The van der Waals surface area contributed by atoms with Crippen LogP contribution in [0, 0.1) is 0 Å². The van der Waals surface area contributed by atoms with Crippen molar-refractivity contribution in [1.29, 1.82) is 0 Å². The van der Waals surface area contributed by atoms with Crippen LogP contribution in [0.1, 0.15) is 20.8 Å². The fraction of sp³-hybridized carbons (Fsp3) is 0.562. The third kappa shape index (κ3) is 6.43. The molecule has 0 aliphatic rings. The molecule has 0 aliphatic heterocycles. The molecule has 0 saturated heterocycles. The van der Waals surface area contributed by atoms with Gasteiger partial charge in [-0.3, -0.25) is 0 Å². The lowest BCUT2D eigenvalue weighted by Crippen LogP contribution is -2.39. The first-order chi connectivity index (χ1) is 11.5. The molecule has 25 heavy (non-hydrogen) atoms. The summed E-state index contributed by atoms with van der Waals surface area (Å²) < 4.78 is 42.5. The Morgan fingerprint density at radius 3 is 2.28 bits per heavy atom. The van der Waals surface area contributed by atoms with Crippen molar-refractivity contribution in [3.05, 3.63) is 18.2 Å². The standard InChI is InChI=1S/C16H26N2O6S/c1-16(2,3)24-15(19)18(4)10-9-17-25(20,21)12-7-8-13(22-5)14(11-12)23-6/h7-8,11,17H,9-10H2,1-6H3. The van der Waals surface area contributed by atoms with Crippen molar-refractivity contribution in [1.82, 2.24) is 9.62 Å². The Kier molecular flexibility index (Phi) is 7.06. The molecule has 8 nitrogen and oxygen atoms in total. The second kappa shape index (κ2) is 8.39. The second-order valence-corrected chi connectivity index (χ2v) is 8.08. The summed E-state index contributed by atoms with van der Waals surface area (Å²) in [5, 5.41) is 0. The minimum atomic E-state index is -3.74. The molecule has 0 fully saturated rings. The predicted molar refractivity (Wildman–Crippen MR) is 93.6 cm³/mol. The van der Waals surface area contributed by atoms with Crippen LogP contribution in [-0.2, 0) is 14.8 Å². The van der Waals surface area contributed by atoms with Crippen molar-refractivity contribution in [2.45, 2.75) is 31.3 Å². The number of carbonyl (C=O) groups is 1. The van der Waals surface area contributed by atoms with Crippen LogP contribution in [-0.4, -0.2) is 59.4 Å². The minimum absolute atomic E-state index is 0.0464. The Hall–Kier alpha value is -2.00. The zero-order valence-corrected chi connectivity index (χ0v) is 16.3. The van der Waals surface area contributed by atoms with Crippen LogP contribution in [0.15, 0.2) is 23.1 Å². The Bertz CT molecular complexity index is 697. The topological polar surface area (TPSA) is 94.2 Å². The second-order valence-electron chi connectivity index (χ2n) is 6.32. The number of hydrogen-bond donors (Lipinski definition) is 1. The first-order valence-electron chi connectivity index (χ1n) is 7.66. The molecule has 142 valence electrons. The van der Waals surface area contributed by atoms with E-state index in [1.165, 1.54) is 37.3 Å². The first kappa shape index (κ1) is 21.0. The van der Waals surface area contributed by atoms with Crippen LogP contribution in [0.25, 0.3) is 0 Å². The van der Waals surface area contributed by atoms with E-state index < -0.39 is 21.7 Å². The molecule has 1 aromatic carbocycles. The molecular formula is C16H26N2O6S. The average molecular weight is 374 g/mol. The number of carbonyl (C=O) groups excluding carboxylic acids is 1. The fourth-order valence-electron chi connectivity index (χ4n) is 1.85. The van der Waals surface area contributed by atoms with Gasteiger partial charge >= 0.3 is 6.09 Å². The maximum atomic E-state index is 12.3. The van der Waals surface area contributed by atoms with Gasteiger partial charge in [0, 0.05) is 26.2 Å². The van der Waals surface area contributed by atoms with Gasteiger partial charge in [0.05, 0.1) is 19.1 Å². The zero-order chi connectivity index (χ0) is 19.3.